The molecule has 0 saturated heterocycles. The summed E-state index contributed by atoms with van der Waals surface area (Å²) in [6.45, 7) is 3.37. The van der Waals surface area contributed by atoms with E-state index in [9.17, 15) is 4.79 Å². The molecule has 0 radical (unpaired) electrons. The lowest BCUT2D eigenvalue weighted by molar-refractivity contribution is -0.129. The molecule has 0 unspecified atom stereocenters. The van der Waals surface area contributed by atoms with E-state index < -0.39 is 0 Å². The first kappa shape index (κ1) is 16.3. The van der Waals surface area contributed by atoms with Crippen LogP contribution in [0.1, 0.15) is 18.9 Å². The molecule has 0 aliphatic heterocycles. The van der Waals surface area contributed by atoms with E-state index in [1.807, 2.05) is 25.1 Å². The first-order valence-electron chi connectivity index (χ1n) is 6.87. The number of hydrogen-bond acceptors (Lipinski definition) is 4. The standard InChI is InChI=1S/C15H24N2O3/c1-4-19-13-7-5-6-12(8-10-16)15(13)20-11-9-14(18)17(2)3/h5-7H,4,8-11,16H2,1-3H3. The van der Waals surface area contributed by atoms with Crippen LogP contribution in [0, 0.1) is 0 Å². The molecule has 0 spiro atoms. The summed E-state index contributed by atoms with van der Waals surface area (Å²) in [6.07, 6.45) is 1.06. The largest absolute Gasteiger partial charge is 0.490 e. The molecule has 0 saturated carbocycles. The van der Waals surface area contributed by atoms with Crippen LogP contribution in [0.25, 0.3) is 0 Å². The van der Waals surface area contributed by atoms with Crippen molar-refractivity contribution in [3.05, 3.63) is 23.8 Å². The Morgan fingerprint density at radius 1 is 1.30 bits per heavy atom. The van der Waals surface area contributed by atoms with Crippen molar-refractivity contribution < 1.29 is 14.3 Å². The van der Waals surface area contributed by atoms with Gasteiger partial charge in [-0.2, -0.15) is 0 Å². The third kappa shape index (κ3) is 4.74. The molecule has 2 N–H and O–H groups in total. The fourth-order valence-corrected chi connectivity index (χ4v) is 1.81. The molecular formula is C15H24N2O3. The number of benzene rings is 1. The highest BCUT2D eigenvalue weighted by atomic mass is 16.5. The molecular weight excluding hydrogens is 256 g/mol. The Morgan fingerprint density at radius 2 is 2.05 bits per heavy atom. The zero-order valence-corrected chi connectivity index (χ0v) is 12.5. The van der Waals surface area contributed by atoms with Gasteiger partial charge in [0.2, 0.25) is 5.91 Å². The van der Waals surface area contributed by atoms with Crippen molar-refractivity contribution in [2.24, 2.45) is 5.73 Å². The molecule has 0 fully saturated rings. The number of ether oxygens (including phenoxy) is 2. The Hall–Kier alpha value is -1.75. The highest BCUT2D eigenvalue weighted by Crippen LogP contribution is 2.31. The summed E-state index contributed by atoms with van der Waals surface area (Å²) < 4.78 is 11.3. The van der Waals surface area contributed by atoms with Gasteiger partial charge in [-0.1, -0.05) is 12.1 Å². The van der Waals surface area contributed by atoms with Gasteiger partial charge in [0.25, 0.3) is 0 Å². The van der Waals surface area contributed by atoms with E-state index in [0.29, 0.717) is 37.7 Å². The lowest BCUT2D eigenvalue weighted by atomic mass is 10.1. The number of rotatable bonds is 8. The van der Waals surface area contributed by atoms with Crippen LogP contribution in [0.2, 0.25) is 0 Å². The van der Waals surface area contributed by atoms with E-state index in [-0.39, 0.29) is 5.91 Å². The molecule has 1 amide bonds. The average molecular weight is 280 g/mol. The van der Waals surface area contributed by atoms with Crippen LogP contribution in [0.3, 0.4) is 0 Å². The molecule has 0 aliphatic carbocycles. The second-order valence-electron chi connectivity index (χ2n) is 4.60. The third-order valence-electron chi connectivity index (χ3n) is 2.84. The van der Waals surface area contributed by atoms with E-state index >= 15 is 0 Å². The van der Waals surface area contributed by atoms with Crippen molar-refractivity contribution >= 4 is 5.91 Å². The highest BCUT2D eigenvalue weighted by molar-refractivity contribution is 5.75. The van der Waals surface area contributed by atoms with Crippen molar-refractivity contribution in [1.29, 1.82) is 0 Å². The molecule has 112 valence electrons. The Morgan fingerprint density at radius 3 is 2.65 bits per heavy atom. The number of carbonyl (C=O) groups is 1. The van der Waals surface area contributed by atoms with E-state index in [1.54, 1.807) is 19.0 Å². The number of carbonyl (C=O) groups excluding carboxylic acids is 1. The van der Waals surface area contributed by atoms with Gasteiger partial charge in [-0.3, -0.25) is 4.79 Å². The fraction of sp³-hybridized carbons (Fsp3) is 0.533. The van der Waals surface area contributed by atoms with E-state index in [0.717, 1.165) is 12.0 Å². The van der Waals surface area contributed by atoms with Gasteiger partial charge < -0.3 is 20.1 Å². The molecule has 0 heterocycles. The van der Waals surface area contributed by atoms with Crippen LogP contribution in [0.5, 0.6) is 11.5 Å². The molecule has 5 heteroatoms. The topological polar surface area (TPSA) is 64.8 Å². The molecule has 5 nitrogen and oxygen atoms in total. The molecule has 1 aromatic carbocycles. The number of para-hydroxylation sites is 1. The second kappa shape index (κ2) is 8.43. The zero-order valence-electron chi connectivity index (χ0n) is 12.5. The highest BCUT2D eigenvalue weighted by Gasteiger charge is 2.12. The van der Waals surface area contributed by atoms with E-state index in [1.165, 1.54) is 0 Å². The SMILES string of the molecule is CCOc1cccc(CCN)c1OCCC(=O)N(C)C. The van der Waals surface area contributed by atoms with Crippen molar-refractivity contribution in [3.8, 4) is 11.5 Å². The van der Waals surface area contributed by atoms with Crippen molar-refractivity contribution in [2.75, 3.05) is 33.9 Å². The summed E-state index contributed by atoms with van der Waals surface area (Å²) in [7, 11) is 3.46. The third-order valence-corrected chi connectivity index (χ3v) is 2.84. The number of nitrogens with two attached hydrogens (primary N) is 1. The van der Waals surface area contributed by atoms with Gasteiger partial charge in [0.1, 0.15) is 0 Å². The maximum Gasteiger partial charge on any atom is 0.225 e. The minimum Gasteiger partial charge on any atom is -0.490 e. The maximum absolute atomic E-state index is 11.5. The van der Waals surface area contributed by atoms with Crippen LogP contribution in [-0.2, 0) is 11.2 Å². The van der Waals surface area contributed by atoms with Gasteiger partial charge in [-0.15, -0.1) is 0 Å². The van der Waals surface area contributed by atoms with E-state index in [4.69, 9.17) is 15.2 Å². The second-order valence-corrected chi connectivity index (χ2v) is 4.60. The molecule has 1 rings (SSSR count). The Labute approximate surface area is 120 Å². The van der Waals surface area contributed by atoms with Gasteiger partial charge in [-0.25, -0.2) is 0 Å². The van der Waals surface area contributed by atoms with Gasteiger partial charge in [-0.05, 0) is 31.5 Å². The molecule has 0 aromatic heterocycles. The molecule has 0 atom stereocenters. The first-order chi connectivity index (χ1) is 9.60. The van der Waals surface area contributed by atoms with E-state index in [2.05, 4.69) is 0 Å². The lowest BCUT2D eigenvalue weighted by Crippen LogP contribution is -2.23. The summed E-state index contributed by atoms with van der Waals surface area (Å²) in [5.74, 6) is 1.45. The quantitative estimate of drug-likeness (QED) is 0.782. The monoisotopic (exact) mass is 280 g/mol. The smallest absolute Gasteiger partial charge is 0.225 e. The summed E-state index contributed by atoms with van der Waals surface area (Å²) >= 11 is 0. The molecule has 0 bridgehead atoms. The maximum atomic E-state index is 11.5. The Balaban J connectivity index is 2.76. The summed E-state index contributed by atoms with van der Waals surface area (Å²) in [4.78, 5) is 13.1. The average Bonchev–Trinajstić information content (AvgIpc) is 2.41. The summed E-state index contributed by atoms with van der Waals surface area (Å²) in [5.41, 5.74) is 6.62. The number of nitrogens with zero attached hydrogens (tertiary/aromatic N) is 1. The van der Waals surface area contributed by atoms with Crippen molar-refractivity contribution in [2.45, 2.75) is 19.8 Å². The van der Waals surface area contributed by atoms with Crippen LogP contribution in [0.4, 0.5) is 0 Å². The van der Waals surface area contributed by atoms with Gasteiger partial charge in [0.05, 0.1) is 19.6 Å². The van der Waals surface area contributed by atoms with Crippen LogP contribution >= 0.6 is 0 Å². The Kier molecular flexibility index (Phi) is 6.87. The lowest BCUT2D eigenvalue weighted by Gasteiger charge is -2.16. The summed E-state index contributed by atoms with van der Waals surface area (Å²) in [6, 6.07) is 5.76. The molecule has 0 aliphatic rings. The summed E-state index contributed by atoms with van der Waals surface area (Å²) in [5, 5.41) is 0. The zero-order chi connectivity index (χ0) is 15.0. The van der Waals surface area contributed by atoms with Crippen LogP contribution in [0.15, 0.2) is 18.2 Å². The van der Waals surface area contributed by atoms with Crippen molar-refractivity contribution in [3.63, 3.8) is 0 Å². The predicted molar refractivity (Wildman–Crippen MR) is 79.2 cm³/mol. The predicted octanol–water partition coefficient (Wildman–Crippen LogP) is 1.44. The minimum atomic E-state index is 0.0410. The van der Waals surface area contributed by atoms with Crippen LogP contribution < -0.4 is 15.2 Å². The first-order valence-corrected chi connectivity index (χ1v) is 6.87. The Bertz CT molecular complexity index is 409. The van der Waals surface area contributed by atoms with Gasteiger partial charge in [0, 0.05) is 14.1 Å². The number of amides is 1. The van der Waals surface area contributed by atoms with Crippen LogP contribution in [-0.4, -0.2) is 44.7 Å². The molecule has 1 aromatic rings. The molecule has 20 heavy (non-hydrogen) atoms. The normalized spacial score (nSPS) is 10.2. The minimum absolute atomic E-state index is 0.0410. The van der Waals surface area contributed by atoms with Gasteiger partial charge >= 0.3 is 0 Å². The van der Waals surface area contributed by atoms with Crippen molar-refractivity contribution in [1.82, 2.24) is 4.90 Å². The number of hydrogen-bond donors (Lipinski definition) is 1. The fourth-order valence-electron chi connectivity index (χ4n) is 1.81. The van der Waals surface area contributed by atoms with Gasteiger partial charge in [0.15, 0.2) is 11.5 Å².